The van der Waals surface area contributed by atoms with Gasteiger partial charge in [-0.3, -0.25) is 14.6 Å². The Bertz CT molecular complexity index is 996. The number of rotatable bonds is 7. The molecule has 1 aromatic rings. The molecule has 1 aromatic carbocycles. The fraction of sp³-hybridized carbons (Fsp3) is 0.560. The van der Waals surface area contributed by atoms with Gasteiger partial charge in [0.15, 0.2) is 0 Å². The van der Waals surface area contributed by atoms with Gasteiger partial charge >= 0.3 is 12.0 Å². The van der Waals surface area contributed by atoms with Gasteiger partial charge in [0, 0.05) is 25.3 Å². The maximum Gasteiger partial charge on any atom is 0.338 e. The third-order valence-corrected chi connectivity index (χ3v) is 7.47. The molecule has 4 rings (SSSR count). The lowest BCUT2D eigenvalue weighted by molar-refractivity contribution is -0.136. The van der Waals surface area contributed by atoms with Gasteiger partial charge in [-0.1, -0.05) is 18.6 Å². The number of amides is 3. The predicted octanol–water partition coefficient (Wildman–Crippen LogP) is 1.28. The first-order valence-electron chi connectivity index (χ1n) is 12.2. The molecule has 3 heterocycles. The van der Waals surface area contributed by atoms with Crippen LogP contribution in [0, 0.1) is 0 Å². The van der Waals surface area contributed by atoms with Crippen molar-refractivity contribution in [3.63, 3.8) is 0 Å². The Labute approximate surface area is 205 Å². The van der Waals surface area contributed by atoms with Crippen molar-refractivity contribution in [2.75, 3.05) is 46.9 Å². The van der Waals surface area contributed by atoms with Gasteiger partial charge in [0.05, 0.1) is 25.8 Å². The molecule has 0 aliphatic carbocycles. The van der Waals surface area contributed by atoms with Crippen molar-refractivity contribution in [2.24, 2.45) is 5.73 Å². The molecule has 2 saturated heterocycles. The van der Waals surface area contributed by atoms with Crippen molar-refractivity contribution < 1.29 is 23.9 Å². The molecule has 3 aliphatic heterocycles. The van der Waals surface area contributed by atoms with Crippen molar-refractivity contribution in [3.05, 3.63) is 41.1 Å². The average Bonchev–Trinajstić information content (AvgIpc) is 2.89. The third-order valence-electron chi connectivity index (χ3n) is 7.47. The predicted molar refractivity (Wildman–Crippen MR) is 129 cm³/mol. The molecular weight excluding hydrogens is 450 g/mol. The maximum absolute atomic E-state index is 12.9. The minimum Gasteiger partial charge on any atom is -0.497 e. The number of nitrogens with one attached hydrogen (secondary N) is 2. The number of primary amides is 1. The van der Waals surface area contributed by atoms with E-state index in [9.17, 15) is 14.4 Å². The third kappa shape index (κ3) is 5.13. The number of hydrogen-bond donors (Lipinski definition) is 3. The topological polar surface area (TPSA) is 126 Å². The van der Waals surface area contributed by atoms with Gasteiger partial charge < -0.3 is 25.8 Å². The standard InChI is InChI=1S/C25H35N5O5/c1-34-18-8-6-7-17(15-18)21-20(22(31)35-2)19(27-24(33)28-21)16-29-13-9-25(10-14-29,23(26)32)30-11-4-3-5-12-30/h6-8,15,21H,3-5,9-14,16H2,1-2H3,(H2,26,32)(H2,27,28,33)/t21-/m1/s1. The van der Waals surface area contributed by atoms with Crippen LogP contribution in [0.2, 0.25) is 0 Å². The van der Waals surface area contributed by atoms with Crippen LogP contribution in [0.15, 0.2) is 35.5 Å². The number of carbonyl (C=O) groups excluding carboxylic acids is 3. The second-order valence-corrected chi connectivity index (χ2v) is 9.41. The number of nitrogens with zero attached hydrogens (tertiary/aromatic N) is 2. The van der Waals surface area contributed by atoms with Crippen LogP contribution in [0.5, 0.6) is 5.75 Å². The lowest BCUT2D eigenvalue weighted by Gasteiger charge is -2.48. The highest BCUT2D eigenvalue weighted by Gasteiger charge is 2.45. The van der Waals surface area contributed by atoms with E-state index in [1.807, 2.05) is 12.1 Å². The van der Waals surface area contributed by atoms with E-state index in [1.54, 1.807) is 19.2 Å². The van der Waals surface area contributed by atoms with E-state index in [4.69, 9.17) is 15.2 Å². The summed E-state index contributed by atoms with van der Waals surface area (Å²) in [4.78, 5) is 42.4. The van der Waals surface area contributed by atoms with Crippen molar-refractivity contribution in [2.45, 2.75) is 43.7 Å². The Morgan fingerprint density at radius 1 is 1.11 bits per heavy atom. The van der Waals surface area contributed by atoms with Gasteiger partial charge in [-0.15, -0.1) is 0 Å². The van der Waals surface area contributed by atoms with Gasteiger partial charge in [0.25, 0.3) is 0 Å². The molecule has 0 bridgehead atoms. The molecule has 2 fully saturated rings. The van der Waals surface area contributed by atoms with Crippen LogP contribution >= 0.6 is 0 Å². The molecule has 35 heavy (non-hydrogen) atoms. The zero-order chi connectivity index (χ0) is 25.0. The van der Waals surface area contributed by atoms with E-state index in [1.165, 1.54) is 13.5 Å². The smallest absolute Gasteiger partial charge is 0.338 e. The summed E-state index contributed by atoms with van der Waals surface area (Å²) in [6.07, 6.45) is 4.59. The van der Waals surface area contributed by atoms with Crippen LogP contribution in [0.1, 0.15) is 43.7 Å². The highest BCUT2D eigenvalue weighted by atomic mass is 16.5. The SMILES string of the molecule is COC(=O)C1=C(CN2CCC(C(N)=O)(N3CCCCC3)CC2)NC(=O)N[C@@H]1c1cccc(OC)c1. The molecule has 3 aliphatic rings. The van der Waals surface area contributed by atoms with Crippen molar-refractivity contribution in [3.8, 4) is 5.75 Å². The Hall–Kier alpha value is -3.11. The number of ether oxygens (including phenoxy) is 2. The minimum atomic E-state index is -0.677. The molecule has 10 heteroatoms. The Morgan fingerprint density at radius 2 is 1.83 bits per heavy atom. The second kappa shape index (κ2) is 10.7. The van der Waals surface area contributed by atoms with Crippen LogP contribution in [-0.2, 0) is 14.3 Å². The Balaban J connectivity index is 1.57. The number of hydrogen-bond acceptors (Lipinski definition) is 7. The molecule has 0 unspecified atom stereocenters. The number of methoxy groups -OCH3 is 2. The molecule has 0 radical (unpaired) electrons. The first-order chi connectivity index (χ1) is 16.9. The summed E-state index contributed by atoms with van der Waals surface area (Å²) in [5.74, 6) is -0.156. The minimum absolute atomic E-state index is 0.262. The largest absolute Gasteiger partial charge is 0.497 e. The van der Waals surface area contributed by atoms with Gasteiger partial charge in [-0.2, -0.15) is 0 Å². The van der Waals surface area contributed by atoms with E-state index in [-0.39, 0.29) is 5.91 Å². The summed E-state index contributed by atoms with van der Waals surface area (Å²) >= 11 is 0. The van der Waals surface area contributed by atoms with Crippen LogP contribution in [0.25, 0.3) is 0 Å². The zero-order valence-electron chi connectivity index (χ0n) is 20.5. The van der Waals surface area contributed by atoms with Crippen molar-refractivity contribution in [1.82, 2.24) is 20.4 Å². The van der Waals surface area contributed by atoms with Crippen LogP contribution in [0.3, 0.4) is 0 Å². The molecule has 1 atom stereocenters. The normalized spacial score (nSPS) is 23.3. The summed E-state index contributed by atoms with van der Waals surface area (Å²) in [7, 11) is 2.89. The summed E-state index contributed by atoms with van der Waals surface area (Å²) in [5.41, 5.74) is 6.86. The highest BCUT2D eigenvalue weighted by Crippen LogP contribution is 2.33. The van der Waals surface area contributed by atoms with Crippen LogP contribution < -0.4 is 21.1 Å². The second-order valence-electron chi connectivity index (χ2n) is 9.41. The van der Waals surface area contributed by atoms with Gasteiger partial charge in [0.1, 0.15) is 11.3 Å². The maximum atomic E-state index is 12.9. The van der Waals surface area contributed by atoms with Crippen LogP contribution in [-0.4, -0.2) is 80.2 Å². The van der Waals surface area contributed by atoms with E-state index < -0.39 is 23.6 Å². The van der Waals surface area contributed by atoms with Gasteiger partial charge in [0.2, 0.25) is 5.91 Å². The molecule has 190 valence electrons. The van der Waals surface area contributed by atoms with E-state index in [2.05, 4.69) is 20.4 Å². The van der Waals surface area contributed by atoms with Crippen LogP contribution in [0.4, 0.5) is 4.79 Å². The molecule has 0 aromatic heterocycles. The summed E-state index contributed by atoms with van der Waals surface area (Å²) in [6.45, 7) is 3.40. The number of urea groups is 1. The molecule has 4 N–H and O–H groups in total. The molecular formula is C25H35N5O5. The van der Waals surface area contributed by atoms with Gasteiger partial charge in [-0.05, 0) is 56.5 Å². The van der Waals surface area contributed by atoms with Crippen molar-refractivity contribution >= 4 is 17.9 Å². The Morgan fingerprint density at radius 3 is 2.46 bits per heavy atom. The quantitative estimate of drug-likeness (QED) is 0.497. The summed E-state index contributed by atoms with van der Waals surface area (Å²) in [6, 6.07) is 6.17. The number of likely N-dealkylation sites (tertiary alicyclic amines) is 2. The highest BCUT2D eigenvalue weighted by molar-refractivity contribution is 5.95. The first kappa shape index (κ1) is 25.0. The summed E-state index contributed by atoms with van der Waals surface area (Å²) in [5, 5.41) is 5.65. The van der Waals surface area contributed by atoms with Crippen molar-refractivity contribution in [1.29, 1.82) is 0 Å². The lowest BCUT2D eigenvalue weighted by Crippen LogP contribution is -2.63. The number of esters is 1. The van der Waals surface area contributed by atoms with Gasteiger partial charge in [-0.25, -0.2) is 9.59 Å². The number of benzene rings is 1. The fourth-order valence-electron chi connectivity index (χ4n) is 5.51. The number of nitrogens with two attached hydrogens (primary N) is 1. The summed E-state index contributed by atoms with van der Waals surface area (Å²) < 4.78 is 10.4. The monoisotopic (exact) mass is 485 g/mol. The molecule has 10 nitrogen and oxygen atoms in total. The Kier molecular flexibility index (Phi) is 7.61. The number of piperidine rings is 2. The van der Waals surface area contributed by atoms with E-state index >= 15 is 0 Å². The first-order valence-corrected chi connectivity index (χ1v) is 12.2. The van der Waals surface area contributed by atoms with E-state index in [0.29, 0.717) is 55.1 Å². The fourth-order valence-corrected chi connectivity index (χ4v) is 5.51. The van der Waals surface area contributed by atoms with E-state index in [0.717, 1.165) is 25.9 Å². The lowest BCUT2D eigenvalue weighted by atomic mass is 9.83. The average molecular weight is 486 g/mol. The molecule has 3 amide bonds. The molecule has 0 spiro atoms. The molecule has 0 saturated carbocycles. The zero-order valence-corrected chi connectivity index (χ0v) is 20.5. The number of carbonyl (C=O) groups is 3.